The maximum atomic E-state index is 4.40. The molecule has 3 nitrogen and oxygen atoms in total. The molecule has 0 bridgehead atoms. The Hall–Kier alpha value is -1.13. The predicted molar refractivity (Wildman–Crippen MR) is 81.6 cm³/mol. The lowest BCUT2D eigenvalue weighted by Crippen LogP contribution is -2.32. The van der Waals surface area contributed by atoms with Crippen LogP contribution < -0.4 is 5.32 Å². The second-order valence-corrected chi connectivity index (χ2v) is 5.96. The Labute approximate surface area is 119 Å². The summed E-state index contributed by atoms with van der Waals surface area (Å²) in [7, 11) is 2.07. The molecule has 0 aliphatic rings. The lowest BCUT2D eigenvalue weighted by atomic mass is 10.1. The van der Waals surface area contributed by atoms with Crippen molar-refractivity contribution < 1.29 is 0 Å². The fourth-order valence-corrected chi connectivity index (χ4v) is 3.02. The second kappa shape index (κ2) is 7.46. The summed E-state index contributed by atoms with van der Waals surface area (Å²) in [6, 6.07) is 4.91. The number of thiophene rings is 1. The molecule has 0 aliphatic heterocycles. The van der Waals surface area contributed by atoms with Crippen LogP contribution in [0.4, 0.5) is 0 Å². The largest absolute Gasteiger partial charge is 0.338 e. The van der Waals surface area contributed by atoms with Gasteiger partial charge in [0.2, 0.25) is 0 Å². The molecule has 19 heavy (non-hydrogen) atoms. The fourth-order valence-electron chi connectivity index (χ4n) is 2.24. The normalized spacial score (nSPS) is 12.7. The highest BCUT2D eigenvalue weighted by molar-refractivity contribution is 7.09. The fraction of sp³-hybridized carbons (Fsp3) is 0.533. The van der Waals surface area contributed by atoms with Crippen molar-refractivity contribution in [2.45, 2.75) is 38.6 Å². The van der Waals surface area contributed by atoms with E-state index < -0.39 is 0 Å². The van der Waals surface area contributed by atoms with Crippen molar-refractivity contribution in [2.75, 3.05) is 6.54 Å². The molecule has 0 spiro atoms. The van der Waals surface area contributed by atoms with E-state index in [-0.39, 0.29) is 0 Å². The molecule has 1 unspecified atom stereocenters. The summed E-state index contributed by atoms with van der Waals surface area (Å²) < 4.78 is 2.11. The Morgan fingerprint density at radius 1 is 1.47 bits per heavy atom. The number of hydrogen-bond donors (Lipinski definition) is 1. The highest BCUT2D eigenvalue weighted by Crippen LogP contribution is 2.14. The third kappa shape index (κ3) is 4.48. The van der Waals surface area contributed by atoms with Gasteiger partial charge >= 0.3 is 0 Å². The van der Waals surface area contributed by atoms with Crippen LogP contribution in [0.3, 0.4) is 0 Å². The van der Waals surface area contributed by atoms with Gasteiger partial charge in [-0.1, -0.05) is 13.0 Å². The summed E-state index contributed by atoms with van der Waals surface area (Å²) in [5, 5.41) is 5.82. The first-order valence-corrected chi connectivity index (χ1v) is 7.89. The number of hydrogen-bond acceptors (Lipinski definition) is 3. The smallest absolute Gasteiger partial charge is 0.108 e. The molecule has 2 aromatic heterocycles. The summed E-state index contributed by atoms with van der Waals surface area (Å²) in [6.07, 6.45) is 8.39. The van der Waals surface area contributed by atoms with Gasteiger partial charge in [-0.15, -0.1) is 11.3 Å². The van der Waals surface area contributed by atoms with Crippen LogP contribution in [0.5, 0.6) is 0 Å². The Kier molecular flexibility index (Phi) is 5.61. The zero-order chi connectivity index (χ0) is 13.5. The van der Waals surface area contributed by atoms with Crippen molar-refractivity contribution in [1.29, 1.82) is 0 Å². The third-order valence-corrected chi connectivity index (χ3v) is 4.25. The maximum absolute atomic E-state index is 4.40. The average Bonchev–Trinajstić information content (AvgIpc) is 3.04. The van der Waals surface area contributed by atoms with Gasteiger partial charge in [0.1, 0.15) is 5.82 Å². The highest BCUT2D eigenvalue weighted by atomic mass is 32.1. The molecule has 0 saturated carbocycles. The van der Waals surface area contributed by atoms with E-state index in [1.54, 1.807) is 0 Å². The monoisotopic (exact) mass is 277 g/mol. The molecule has 1 N–H and O–H groups in total. The van der Waals surface area contributed by atoms with Crippen molar-refractivity contribution in [3.8, 4) is 0 Å². The molecule has 1 atom stereocenters. The Morgan fingerprint density at radius 2 is 2.37 bits per heavy atom. The van der Waals surface area contributed by atoms with Gasteiger partial charge in [0.25, 0.3) is 0 Å². The summed E-state index contributed by atoms with van der Waals surface area (Å²) >= 11 is 1.85. The minimum Gasteiger partial charge on any atom is -0.338 e. The van der Waals surface area contributed by atoms with Crippen molar-refractivity contribution in [2.24, 2.45) is 7.05 Å². The van der Waals surface area contributed by atoms with Gasteiger partial charge in [-0.05, 0) is 37.3 Å². The van der Waals surface area contributed by atoms with Gasteiger partial charge in [-0.3, -0.25) is 0 Å². The van der Waals surface area contributed by atoms with Crippen LogP contribution in [0.2, 0.25) is 0 Å². The van der Waals surface area contributed by atoms with Crippen LogP contribution in [-0.2, 0) is 19.9 Å². The molecule has 0 aliphatic carbocycles. The number of aryl methyl sites for hydroxylation is 2. The van der Waals surface area contributed by atoms with E-state index in [4.69, 9.17) is 0 Å². The zero-order valence-electron chi connectivity index (χ0n) is 11.8. The van der Waals surface area contributed by atoms with Gasteiger partial charge in [-0.25, -0.2) is 4.98 Å². The highest BCUT2D eigenvalue weighted by Gasteiger charge is 2.11. The molecule has 2 heterocycles. The maximum Gasteiger partial charge on any atom is 0.108 e. The van der Waals surface area contributed by atoms with Gasteiger partial charge in [0.15, 0.2) is 0 Å². The van der Waals surface area contributed by atoms with E-state index in [1.807, 2.05) is 23.7 Å². The standard InChI is InChI=1S/C15H23N3S/c1-3-8-16-13(12-14-5-4-11-19-14)6-7-15-17-9-10-18(15)2/h4-5,9-11,13,16H,3,6-8,12H2,1-2H3. The Bertz CT molecular complexity index is 461. The first kappa shape index (κ1) is 14.3. The molecule has 2 aromatic rings. The van der Waals surface area contributed by atoms with Crippen molar-refractivity contribution >= 4 is 11.3 Å². The zero-order valence-corrected chi connectivity index (χ0v) is 12.6. The quantitative estimate of drug-likeness (QED) is 0.804. The predicted octanol–water partition coefficient (Wildman–Crippen LogP) is 3.03. The molecule has 0 radical (unpaired) electrons. The molecular weight excluding hydrogens is 254 g/mol. The summed E-state index contributed by atoms with van der Waals surface area (Å²) in [6.45, 7) is 3.31. The van der Waals surface area contributed by atoms with Crippen molar-refractivity contribution in [3.63, 3.8) is 0 Å². The van der Waals surface area contributed by atoms with Crippen LogP contribution in [0.25, 0.3) is 0 Å². The molecule has 0 fully saturated rings. The molecule has 0 saturated heterocycles. The molecule has 4 heteroatoms. The Morgan fingerprint density at radius 3 is 3.00 bits per heavy atom. The van der Waals surface area contributed by atoms with Crippen LogP contribution in [-0.4, -0.2) is 22.1 Å². The minimum absolute atomic E-state index is 0.551. The van der Waals surface area contributed by atoms with E-state index >= 15 is 0 Å². The van der Waals surface area contributed by atoms with Gasteiger partial charge < -0.3 is 9.88 Å². The number of aromatic nitrogens is 2. The van der Waals surface area contributed by atoms with E-state index in [1.165, 1.54) is 17.1 Å². The number of imidazole rings is 1. The van der Waals surface area contributed by atoms with Crippen molar-refractivity contribution in [1.82, 2.24) is 14.9 Å². The van der Waals surface area contributed by atoms with Crippen LogP contribution in [0.1, 0.15) is 30.5 Å². The minimum atomic E-state index is 0.551. The average molecular weight is 277 g/mol. The topological polar surface area (TPSA) is 29.9 Å². The van der Waals surface area contributed by atoms with Gasteiger partial charge in [-0.2, -0.15) is 0 Å². The first-order chi connectivity index (χ1) is 9.29. The molecule has 2 rings (SSSR count). The SMILES string of the molecule is CCCNC(CCc1nccn1C)Cc1cccs1. The lowest BCUT2D eigenvalue weighted by Gasteiger charge is -2.17. The number of nitrogens with zero attached hydrogens (tertiary/aromatic N) is 2. The van der Waals surface area contributed by atoms with Crippen LogP contribution in [0, 0.1) is 0 Å². The first-order valence-electron chi connectivity index (χ1n) is 7.01. The number of rotatable bonds is 8. The van der Waals surface area contributed by atoms with Crippen LogP contribution in [0.15, 0.2) is 29.9 Å². The van der Waals surface area contributed by atoms with Crippen LogP contribution >= 0.6 is 11.3 Å². The molecule has 0 amide bonds. The van der Waals surface area contributed by atoms with E-state index in [9.17, 15) is 0 Å². The van der Waals surface area contributed by atoms with Gasteiger partial charge in [0.05, 0.1) is 0 Å². The number of nitrogens with one attached hydrogen (secondary N) is 1. The summed E-state index contributed by atoms with van der Waals surface area (Å²) in [5.41, 5.74) is 0. The lowest BCUT2D eigenvalue weighted by molar-refractivity contribution is 0.473. The third-order valence-electron chi connectivity index (χ3n) is 3.35. The molecule has 0 aromatic carbocycles. The second-order valence-electron chi connectivity index (χ2n) is 4.93. The Balaban J connectivity index is 1.88. The van der Waals surface area contributed by atoms with E-state index in [0.29, 0.717) is 6.04 Å². The summed E-state index contributed by atoms with van der Waals surface area (Å²) in [4.78, 5) is 5.87. The summed E-state index contributed by atoms with van der Waals surface area (Å²) in [5.74, 6) is 1.18. The molecule has 104 valence electrons. The van der Waals surface area contributed by atoms with Crippen molar-refractivity contribution in [3.05, 3.63) is 40.6 Å². The van der Waals surface area contributed by atoms with E-state index in [0.717, 1.165) is 25.8 Å². The van der Waals surface area contributed by atoms with E-state index in [2.05, 4.69) is 46.4 Å². The van der Waals surface area contributed by atoms with Gasteiger partial charge in [0, 0.05) is 36.8 Å². The molecular formula is C15H23N3S.